The fourth-order valence-corrected chi connectivity index (χ4v) is 6.29. The number of hydrogen-bond acceptors (Lipinski definition) is 7. The van der Waals surface area contributed by atoms with Crippen molar-refractivity contribution in [3.63, 3.8) is 0 Å². The maximum atomic E-state index is 12.5. The van der Waals surface area contributed by atoms with Gasteiger partial charge in [-0.3, -0.25) is 10.2 Å². The molecule has 29 heavy (non-hydrogen) atoms. The maximum absolute atomic E-state index is 12.5. The van der Waals surface area contributed by atoms with Crippen LogP contribution in [0.25, 0.3) is 6.08 Å². The van der Waals surface area contributed by atoms with E-state index in [1.807, 2.05) is 37.2 Å². The average Bonchev–Trinajstić information content (AvgIpc) is 3.02. The van der Waals surface area contributed by atoms with Gasteiger partial charge in [-0.15, -0.1) is 5.10 Å². The summed E-state index contributed by atoms with van der Waals surface area (Å²) in [6, 6.07) is 5.55. The van der Waals surface area contributed by atoms with Crippen LogP contribution in [-0.2, 0) is 14.6 Å². The van der Waals surface area contributed by atoms with E-state index in [2.05, 4.69) is 26.0 Å². The van der Waals surface area contributed by atoms with Crippen LogP contribution in [0.2, 0.25) is 0 Å². The molecule has 1 aromatic carbocycles. The molecule has 3 rings (SSSR count). The second-order valence-electron chi connectivity index (χ2n) is 7.17. The standard InChI is InChI=1S/C18H20BrN5O3S2/c1-10(2)9-29(26,27)18-22-24-15(20)12(16(25)21-17(24)28-18)7-11-5-6-14(23(3)4)13(19)8-11/h5-8,10,20H,9H2,1-4H3. The second kappa shape index (κ2) is 8.04. The van der Waals surface area contributed by atoms with E-state index in [1.54, 1.807) is 19.9 Å². The number of aliphatic imine (C=N–C) groups is 1. The lowest BCUT2D eigenvalue weighted by Crippen LogP contribution is -2.35. The van der Waals surface area contributed by atoms with Crippen molar-refractivity contribution in [2.45, 2.75) is 13.8 Å². The Bertz CT molecular complexity index is 1090. The summed E-state index contributed by atoms with van der Waals surface area (Å²) in [4.78, 5) is 18.4. The Morgan fingerprint density at radius 1 is 1.34 bits per heavy atom. The summed E-state index contributed by atoms with van der Waals surface area (Å²) < 4.78 is 25.6. The van der Waals surface area contributed by atoms with Crippen molar-refractivity contribution in [3.05, 3.63) is 33.8 Å². The molecular formula is C18H20BrN5O3S2. The van der Waals surface area contributed by atoms with Crippen LogP contribution in [0.5, 0.6) is 0 Å². The molecule has 0 saturated heterocycles. The van der Waals surface area contributed by atoms with Gasteiger partial charge in [0.1, 0.15) is 0 Å². The van der Waals surface area contributed by atoms with Gasteiger partial charge in [0, 0.05) is 18.6 Å². The van der Waals surface area contributed by atoms with Crippen LogP contribution >= 0.6 is 27.7 Å². The number of amidine groups is 2. The summed E-state index contributed by atoms with van der Waals surface area (Å²) in [7, 11) is 0.238. The van der Waals surface area contributed by atoms with Gasteiger partial charge in [0.25, 0.3) is 5.91 Å². The number of amides is 1. The predicted octanol–water partition coefficient (Wildman–Crippen LogP) is 3.16. The first-order valence-corrected chi connectivity index (χ1v) is 12.0. The third-order valence-corrected chi connectivity index (χ3v) is 8.09. The zero-order chi connectivity index (χ0) is 21.5. The van der Waals surface area contributed by atoms with Gasteiger partial charge in [-0.25, -0.2) is 8.42 Å². The highest BCUT2D eigenvalue weighted by atomic mass is 79.9. The predicted molar refractivity (Wildman–Crippen MR) is 122 cm³/mol. The number of benzene rings is 1. The molecule has 2 heterocycles. The highest BCUT2D eigenvalue weighted by Gasteiger charge is 2.39. The lowest BCUT2D eigenvalue weighted by molar-refractivity contribution is -0.114. The lowest BCUT2D eigenvalue weighted by atomic mass is 10.1. The minimum absolute atomic E-state index is 0.0464. The smallest absolute Gasteiger partial charge is 0.283 e. The van der Waals surface area contributed by atoms with Gasteiger partial charge in [0.15, 0.2) is 5.84 Å². The first-order valence-electron chi connectivity index (χ1n) is 8.69. The van der Waals surface area contributed by atoms with Crippen molar-refractivity contribution in [2.75, 3.05) is 24.7 Å². The molecule has 0 aliphatic carbocycles. The summed E-state index contributed by atoms with van der Waals surface area (Å²) in [5, 5.41) is 13.6. The number of carbonyl (C=O) groups is 1. The molecule has 2 aliphatic rings. The van der Waals surface area contributed by atoms with E-state index in [0.29, 0.717) is 5.56 Å². The van der Waals surface area contributed by atoms with Crippen LogP contribution in [0.15, 0.2) is 38.3 Å². The molecule has 0 bridgehead atoms. The number of hydrazone groups is 1. The molecule has 1 aromatic rings. The van der Waals surface area contributed by atoms with E-state index in [1.165, 1.54) is 0 Å². The van der Waals surface area contributed by atoms with Crippen molar-refractivity contribution < 1.29 is 13.2 Å². The number of fused-ring (bicyclic) bond motifs is 1. The van der Waals surface area contributed by atoms with Crippen LogP contribution in [0, 0.1) is 11.3 Å². The molecule has 0 spiro atoms. The molecule has 2 aliphatic heterocycles. The number of sulfone groups is 1. The highest BCUT2D eigenvalue weighted by molar-refractivity contribution is 9.10. The molecule has 154 valence electrons. The Balaban J connectivity index is 1.94. The lowest BCUT2D eigenvalue weighted by Gasteiger charge is -2.20. The monoisotopic (exact) mass is 497 g/mol. The molecule has 0 radical (unpaired) electrons. The Hall–Kier alpha value is -1.98. The number of nitrogens with zero attached hydrogens (tertiary/aromatic N) is 4. The summed E-state index contributed by atoms with van der Waals surface area (Å²) >= 11 is 4.30. The molecule has 11 heteroatoms. The minimum atomic E-state index is -3.60. The SMILES string of the molecule is CC(C)CS(=O)(=O)C1=NN2C(=N)C(=Cc3ccc(N(C)C)c(Br)c3)C(=O)N=C2S1. The first kappa shape index (κ1) is 21.7. The molecule has 0 saturated carbocycles. The number of halogens is 1. The van der Waals surface area contributed by atoms with E-state index >= 15 is 0 Å². The number of nitrogens with one attached hydrogen (secondary N) is 1. The molecule has 0 aromatic heterocycles. The van der Waals surface area contributed by atoms with Crippen molar-refractivity contribution >= 4 is 70.6 Å². The third-order valence-electron chi connectivity index (χ3n) is 4.02. The van der Waals surface area contributed by atoms with Crippen molar-refractivity contribution in [1.82, 2.24) is 5.01 Å². The van der Waals surface area contributed by atoms with Crippen LogP contribution in [0.4, 0.5) is 5.69 Å². The van der Waals surface area contributed by atoms with Gasteiger partial charge in [0.05, 0.1) is 17.0 Å². The molecule has 1 amide bonds. The van der Waals surface area contributed by atoms with Gasteiger partial charge < -0.3 is 4.90 Å². The number of carbonyl (C=O) groups excluding carboxylic acids is 1. The van der Waals surface area contributed by atoms with Crippen LogP contribution in [0.1, 0.15) is 19.4 Å². The van der Waals surface area contributed by atoms with E-state index in [4.69, 9.17) is 5.41 Å². The number of hydrogen-bond donors (Lipinski definition) is 1. The fourth-order valence-electron chi connectivity index (χ4n) is 2.75. The second-order valence-corrected chi connectivity index (χ2v) is 11.2. The number of thioether (sulfide) groups is 1. The molecule has 1 N–H and O–H groups in total. The highest BCUT2D eigenvalue weighted by Crippen LogP contribution is 2.32. The van der Waals surface area contributed by atoms with Gasteiger partial charge in [0.2, 0.25) is 19.4 Å². The first-order chi connectivity index (χ1) is 13.5. The minimum Gasteiger partial charge on any atom is -0.377 e. The van der Waals surface area contributed by atoms with Crippen molar-refractivity contribution in [3.8, 4) is 0 Å². The Morgan fingerprint density at radius 2 is 2.03 bits per heavy atom. The van der Waals surface area contributed by atoms with Crippen LogP contribution < -0.4 is 4.90 Å². The topological polar surface area (TPSA) is 106 Å². The zero-order valence-corrected chi connectivity index (χ0v) is 19.5. The molecular weight excluding hydrogens is 478 g/mol. The summed E-state index contributed by atoms with van der Waals surface area (Å²) in [5.74, 6) is -0.923. The van der Waals surface area contributed by atoms with Crippen LogP contribution in [0.3, 0.4) is 0 Å². The Kier molecular flexibility index (Phi) is 6.02. The number of rotatable bonds is 4. The quantitative estimate of drug-likeness (QED) is 0.640. The van der Waals surface area contributed by atoms with E-state index in [-0.39, 0.29) is 32.6 Å². The largest absolute Gasteiger partial charge is 0.377 e. The van der Waals surface area contributed by atoms with Crippen molar-refractivity contribution in [1.29, 1.82) is 5.41 Å². The van der Waals surface area contributed by atoms with Gasteiger partial charge in [-0.05, 0) is 57.4 Å². The molecule has 8 nitrogen and oxygen atoms in total. The zero-order valence-electron chi connectivity index (χ0n) is 16.3. The van der Waals surface area contributed by atoms with E-state index in [9.17, 15) is 13.2 Å². The van der Waals surface area contributed by atoms with Crippen LogP contribution in [-0.4, -0.2) is 54.6 Å². The maximum Gasteiger partial charge on any atom is 0.283 e. The summed E-state index contributed by atoms with van der Waals surface area (Å²) in [5.41, 5.74) is 1.72. The van der Waals surface area contributed by atoms with E-state index < -0.39 is 15.7 Å². The molecule has 0 unspecified atom stereocenters. The number of anilines is 1. The van der Waals surface area contributed by atoms with Gasteiger partial charge >= 0.3 is 0 Å². The molecule has 0 atom stereocenters. The van der Waals surface area contributed by atoms with Gasteiger partial charge in [-0.2, -0.15) is 10.0 Å². The third kappa shape index (κ3) is 4.46. The Morgan fingerprint density at radius 3 is 2.62 bits per heavy atom. The summed E-state index contributed by atoms with van der Waals surface area (Å²) in [6.07, 6.45) is 1.55. The van der Waals surface area contributed by atoms with Gasteiger partial charge in [-0.1, -0.05) is 19.9 Å². The van der Waals surface area contributed by atoms with Crippen molar-refractivity contribution in [2.24, 2.45) is 16.0 Å². The Labute approximate surface area is 182 Å². The average molecular weight is 498 g/mol. The van der Waals surface area contributed by atoms with E-state index in [0.717, 1.165) is 26.9 Å². The summed E-state index contributed by atoms with van der Waals surface area (Å²) in [6.45, 7) is 3.60. The normalized spacial score (nSPS) is 18.3. The fraction of sp³-hybridized carbons (Fsp3) is 0.333. The molecule has 0 fully saturated rings.